The van der Waals surface area contributed by atoms with Gasteiger partial charge in [-0.1, -0.05) is 39.0 Å². The highest BCUT2D eigenvalue weighted by Gasteiger charge is 2.33. The molecule has 1 aromatic carbocycles. The molecule has 106 valence electrons. The molecule has 0 radical (unpaired) electrons. The molecule has 1 rings (SSSR count). The standard InChI is InChI=1S/C14H18F3NO/c1-4-13(2,3)12(19)18-9-10-7-5-6-8-11(10)14(15,16)17/h5-8H,4,9H2,1-3H3,(H,18,19). The molecule has 0 aliphatic heterocycles. The number of amides is 1. The van der Waals surface area contributed by atoms with E-state index in [2.05, 4.69) is 5.32 Å². The van der Waals surface area contributed by atoms with Crippen LogP contribution in [0.15, 0.2) is 24.3 Å². The quantitative estimate of drug-likeness (QED) is 0.889. The van der Waals surface area contributed by atoms with Crippen molar-refractivity contribution in [3.63, 3.8) is 0 Å². The summed E-state index contributed by atoms with van der Waals surface area (Å²) >= 11 is 0. The number of halogens is 3. The second-order valence-electron chi connectivity index (χ2n) is 5.08. The maximum absolute atomic E-state index is 12.8. The van der Waals surface area contributed by atoms with E-state index in [1.165, 1.54) is 18.2 Å². The Balaban J connectivity index is 2.82. The molecule has 1 N–H and O–H groups in total. The van der Waals surface area contributed by atoms with E-state index >= 15 is 0 Å². The van der Waals surface area contributed by atoms with Gasteiger partial charge in [0.1, 0.15) is 0 Å². The molecule has 0 heterocycles. The van der Waals surface area contributed by atoms with Crippen molar-refractivity contribution in [1.29, 1.82) is 0 Å². The van der Waals surface area contributed by atoms with Gasteiger partial charge in [0, 0.05) is 12.0 Å². The number of rotatable bonds is 4. The van der Waals surface area contributed by atoms with Crippen LogP contribution in [0.3, 0.4) is 0 Å². The van der Waals surface area contributed by atoms with Gasteiger partial charge in [-0.2, -0.15) is 13.2 Å². The van der Waals surface area contributed by atoms with Crippen molar-refractivity contribution in [3.05, 3.63) is 35.4 Å². The lowest BCUT2D eigenvalue weighted by Crippen LogP contribution is -2.36. The highest BCUT2D eigenvalue weighted by Crippen LogP contribution is 2.31. The first-order valence-electron chi connectivity index (χ1n) is 6.12. The zero-order valence-electron chi connectivity index (χ0n) is 11.3. The average molecular weight is 273 g/mol. The van der Waals surface area contributed by atoms with Crippen LogP contribution in [0.1, 0.15) is 38.3 Å². The fourth-order valence-corrected chi connectivity index (χ4v) is 1.53. The molecule has 1 amide bonds. The maximum Gasteiger partial charge on any atom is 0.416 e. The molecule has 2 nitrogen and oxygen atoms in total. The van der Waals surface area contributed by atoms with Gasteiger partial charge in [-0.25, -0.2) is 0 Å². The van der Waals surface area contributed by atoms with Crippen molar-refractivity contribution in [3.8, 4) is 0 Å². The first-order chi connectivity index (χ1) is 8.68. The van der Waals surface area contributed by atoms with Gasteiger partial charge in [0.2, 0.25) is 5.91 Å². The van der Waals surface area contributed by atoms with Gasteiger partial charge in [0.15, 0.2) is 0 Å². The molecular formula is C14H18F3NO. The van der Waals surface area contributed by atoms with Crippen LogP contribution in [-0.2, 0) is 17.5 Å². The van der Waals surface area contributed by atoms with Crippen LogP contribution in [0.5, 0.6) is 0 Å². The van der Waals surface area contributed by atoms with E-state index in [-0.39, 0.29) is 18.0 Å². The fraction of sp³-hybridized carbons (Fsp3) is 0.500. The van der Waals surface area contributed by atoms with Crippen LogP contribution in [-0.4, -0.2) is 5.91 Å². The summed E-state index contributed by atoms with van der Waals surface area (Å²) in [4.78, 5) is 11.8. The molecule has 0 atom stereocenters. The van der Waals surface area contributed by atoms with Gasteiger partial charge in [0.25, 0.3) is 0 Å². The molecule has 1 aromatic rings. The Kier molecular flexibility index (Phi) is 4.61. The SMILES string of the molecule is CCC(C)(C)C(=O)NCc1ccccc1C(F)(F)F. The summed E-state index contributed by atoms with van der Waals surface area (Å²) in [5.41, 5.74) is -1.20. The first kappa shape index (κ1) is 15.5. The molecule has 19 heavy (non-hydrogen) atoms. The zero-order valence-corrected chi connectivity index (χ0v) is 11.3. The Morgan fingerprint density at radius 1 is 1.21 bits per heavy atom. The molecule has 0 spiro atoms. The van der Waals surface area contributed by atoms with Crippen molar-refractivity contribution in [2.24, 2.45) is 5.41 Å². The molecule has 0 aromatic heterocycles. The minimum Gasteiger partial charge on any atom is -0.352 e. The van der Waals surface area contributed by atoms with Crippen LogP contribution >= 0.6 is 0 Å². The Morgan fingerprint density at radius 3 is 2.32 bits per heavy atom. The number of alkyl halides is 3. The minimum absolute atomic E-state index is 0.0789. The molecule has 0 bridgehead atoms. The lowest BCUT2D eigenvalue weighted by Gasteiger charge is -2.22. The van der Waals surface area contributed by atoms with Crippen LogP contribution in [0, 0.1) is 5.41 Å². The summed E-state index contributed by atoms with van der Waals surface area (Å²) in [6, 6.07) is 5.26. The largest absolute Gasteiger partial charge is 0.416 e. The molecule has 5 heteroatoms. The summed E-state index contributed by atoms with van der Waals surface area (Å²) in [6.07, 6.45) is -3.78. The number of benzene rings is 1. The van der Waals surface area contributed by atoms with Crippen LogP contribution in [0.25, 0.3) is 0 Å². The Morgan fingerprint density at radius 2 is 1.79 bits per heavy atom. The lowest BCUT2D eigenvalue weighted by molar-refractivity contribution is -0.138. The zero-order chi connectivity index (χ0) is 14.7. The van der Waals surface area contributed by atoms with E-state index < -0.39 is 17.2 Å². The molecule has 0 unspecified atom stereocenters. The van der Waals surface area contributed by atoms with Crippen LogP contribution < -0.4 is 5.32 Å². The Hall–Kier alpha value is -1.52. The van der Waals surface area contributed by atoms with Gasteiger partial charge in [-0.05, 0) is 18.1 Å². The summed E-state index contributed by atoms with van der Waals surface area (Å²) in [6.45, 7) is 5.27. The number of hydrogen-bond donors (Lipinski definition) is 1. The smallest absolute Gasteiger partial charge is 0.352 e. The second-order valence-corrected chi connectivity index (χ2v) is 5.08. The minimum atomic E-state index is -4.40. The Labute approximate surface area is 111 Å². The maximum atomic E-state index is 12.8. The molecular weight excluding hydrogens is 255 g/mol. The summed E-state index contributed by atoms with van der Waals surface area (Å²) in [5, 5.41) is 2.56. The fourth-order valence-electron chi connectivity index (χ4n) is 1.53. The lowest BCUT2D eigenvalue weighted by atomic mass is 9.89. The van der Waals surface area contributed by atoms with Crippen molar-refractivity contribution in [1.82, 2.24) is 5.32 Å². The van der Waals surface area contributed by atoms with Crippen molar-refractivity contribution < 1.29 is 18.0 Å². The van der Waals surface area contributed by atoms with E-state index in [1.54, 1.807) is 13.8 Å². The van der Waals surface area contributed by atoms with Gasteiger partial charge < -0.3 is 5.32 Å². The van der Waals surface area contributed by atoms with E-state index in [4.69, 9.17) is 0 Å². The van der Waals surface area contributed by atoms with Gasteiger partial charge in [0.05, 0.1) is 5.56 Å². The predicted octanol–water partition coefficient (Wildman–Crippen LogP) is 3.76. The van der Waals surface area contributed by atoms with E-state index in [0.29, 0.717) is 6.42 Å². The third-order valence-corrected chi connectivity index (χ3v) is 3.26. The summed E-state index contributed by atoms with van der Waals surface area (Å²) in [5.74, 6) is -0.244. The molecule has 0 fully saturated rings. The van der Waals surface area contributed by atoms with E-state index in [1.807, 2.05) is 6.92 Å². The summed E-state index contributed by atoms with van der Waals surface area (Å²) in [7, 11) is 0. The normalized spacial score (nSPS) is 12.3. The highest BCUT2D eigenvalue weighted by molar-refractivity contribution is 5.81. The van der Waals surface area contributed by atoms with Crippen molar-refractivity contribution >= 4 is 5.91 Å². The second kappa shape index (κ2) is 5.63. The summed E-state index contributed by atoms with van der Waals surface area (Å²) < 4.78 is 38.3. The molecule has 0 saturated carbocycles. The van der Waals surface area contributed by atoms with Gasteiger partial charge >= 0.3 is 6.18 Å². The molecule has 0 saturated heterocycles. The first-order valence-corrected chi connectivity index (χ1v) is 6.12. The highest BCUT2D eigenvalue weighted by atomic mass is 19.4. The monoisotopic (exact) mass is 273 g/mol. The number of carbonyl (C=O) groups is 1. The van der Waals surface area contributed by atoms with Crippen LogP contribution in [0.4, 0.5) is 13.2 Å². The molecule has 0 aliphatic rings. The van der Waals surface area contributed by atoms with Crippen molar-refractivity contribution in [2.75, 3.05) is 0 Å². The van der Waals surface area contributed by atoms with Crippen LogP contribution in [0.2, 0.25) is 0 Å². The number of hydrogen-bond acceptors (Lipinski definition) is 1. The van der Waals surface area contributed by atoms with E-state index in [0.717, 1.165) is 6.07 Å². The number of nitrogens with one attached hydrogen (secondary N) is 1. The third kappa shape index (κ3) is 3.98. The van der Waals surface area contributed by atoms with Crippen molar-refractivity contribution in [2.45, 2.75) is 39.9 Å². The molecule has 0 aliphatic carbocycles. The number of carbonyl (C=O) groups excluding carboxylic acids is 1. The van der Waals surface area contributed by atoms with Gasteiger partial charge in [-0.15, -0.1) is 0 Å². The van der Waals surface area contributed by atoms with E-state index in [9.17, 15) is 18.0 Å². The van der Waals surface area contributed by atoms with Gasteiger partial charge in [-0.3, -0.25) is 4.79 Å². The Bertz CT molecular complexity index is 452. The average Bonchev–Trinajstić information content (AvgIpc) is 2.35. The topological polar surface area (TPSA) is 29.1 Å². The third-order valence-electron chi connectivity index (χ3n) is 3.26. The predicted molar refractivity (Wildman–Crippen MR) is 67.4 cm³/mol.